The van der Waals surface area contributed by atoms with Crippen LogP contribution >= 0.6 is 0 Å². The van der Waals surface area contributed by atoms with Gasteiger partial charge in [-0.2, -0.15) is 9.49 Å². The number of aromatic nitrogens is 3. The van der Waals surface area contributed by atoms with Gasteiger partial charge in [0.25, 0.3) is 0 Å². The Bertz CT molecular complexity index is 474. The maximum atomic E-state index is 12.8. The van der Waals surface area contributed by atoms with Crippen LogP contribution in [-0.4, -0.2) is 31.9 Å². The third-order valence-corrected chi connectivity index (χ3v) is 1.88. The highest BCUT2D eigenvalue weighted by Crippen LogP contribution is 2.04. The van der Waals surface area contributed by atoms with E-state index in [0.29, 0.717) is 5.69 Å². The summed E-state index contributed by atoms with van der Waals surface area (Å²) in [5.41, 5.74) is 0.710. The van der Waals surface area contributed by atoms with E-state index < -0.39 is 13.1 Å². The Hall–Kier alpha value is -1.73. The van der Waals surface area contributed by atoms with E-state index in [2.05, 4.69) is 10.1 Å². The molecule has 0 aromatic carbocycles. The minimum atomic E-state index is -1.58. The molecule has 0 radical (unpaired) electrons. The van der Waals surface area contributed by atoms with Gasteiger partial charge in [-0.25, -0.2) is 9.67 Å². The third kappa shape index (κ3) is 2.03. The van der Waals surface area contributed by atoms with Gasteiger partial charge >= 0.3 is 7.12 Å². The molecule has 2 aromatic rings. The van der Waals surface area contributed by atoms with Gasteiger partial charge in [0.1, 0.15) is 0 Å². The molecular weight excluding hydrogens is 200 g/mol. The van der Waals surface area contributed by atoms with Crippen LogP contribution in [0.15, 0.2) is 30.7 Å². The molecule has 0 fully saturated rings. The first kappa shape index (κ1) is 9.82. The van der Waals surface area contributed by atoms with Crippen molar-refractivity contribution in [2.45, 2.75) is 0 Å². The molecule has 0 aliphatic heterocycles. The van der Waals surface area contributed by atoms with Gasteiger partial charge in [0.15, 0.2) is 0 Å². The normalized spacial score (nSPS) is 10.3. The largest absolute Gasteiger partial charge is 0.491 e. The third-order valence-electron chi connectivity index (χ3n) is 1.88. The van der Waals surface area contributed by atoms with E-state index in [1.54, 1.807) is 6.07 Å². The lowest BCUT2D eigenvalue weighted by molar-refractivity contribution is 0.426. The number of hydrogen-bond donors (Lipinski definition) is 2. The topological polar surface area (TPSA) is 71.2 Å². The van der Waals surface area contributed by atoms with Crippen molar-refractivity contribution in [2.75, 3.05) is 0 Å². The first-order chi connectivity index (χ1) is 7.16. The number of halogens is 1. The second kappa shape index (κ2) is 3.80. The van der Waals surface area contributed by atoms with E-state index in [4.69, 9.17) is 10.0 Å². The fourth-order valence-electron chi connectivity index (χ4n) is 1.15. The molecule has 15 heavy (non-hydrogen) atoms. The molecule has 7 heteroatoms. The fourth-order valence-corrected chi connectivity index (χ4v) is 1.15. The van der Waals surface area contributed by atoms with Gasteiger partial charge in [-0.3, -0.25) is 0 Å². The van der Waals surface area contributed by atoms with Gasteiger partial charge < -0.3 is 10.0 Å². The Morgan fingerprint density at radius 1 is 1.40 bits per heavy atom. The SMILES string of the molecule is OB(O)c1cnn(-c2ccnc(F)c2)c1. The van der Waals surface area contributed by atoms with Gasteiger partial charge in [-0.15, -0.1) is 0 Å². The Kier molecular flexibility index (Phi) is 2.48. The molecule has 5 nitrogen and oxygen atoms in total. The monoisotopic (exact) mass is 207 g/mol. The summed E-state index contributed by atoms with van der Waals surface area (Å²) in [6.07, 6.45) is 4.00. The van der Waals surface area contributed by atoms with E-state index in [-0.39, 0.29) is 5.46 Å². The maximum Gasteiger partial charge on any atom is 0.491 e. The highest BCUT2D eigenvalue weighted by molar-refractivity contribution is 6.58. The Morgan fingerprint density at radius 2 is 2.20 bits per heavy atom. The molecule has 0 bridgehead atoms. The minimum Gasteiger partial charge on any atom is -0.423 e. The van der Waals surface area contributed by atoms with E-state index in [9.17, 15) is 4.39 Å². The molecule has 2 rings (SSSR count). The molecule has 0 amide bonds. The lowest BCUT2D eigenvalue weighted by Gasteiger charge is -1.99. The highest BCUT2D eigenvalue weighted by Gasteiger charge is 2.13. The molecule has 0 saturated carbocycles. The van der Waals surface area contributed by atoms with Crippen LogP contribution in [0.1, 0.15) is 0 Å². The Labute approximate surface area is 85.0 Å². The number of rotatable bonds is 2. The summed E-state index contributed by atoms with van der Waals surface area (Å²) in [7, 11) is -1.58. The highest BCUT2D eigenvalue weighted by atomic mass is 19.1. The molecule has 2 N–H and O–H groups in total. The van der Waals surface area contributed by atoms with E-state index in [1.807, 2.05) is 0 Å². The molecule has 76 valence electrons. The van der Waals surface area contributed by atoms with E-state index in [1.165, 1.54) is 29.3 Å². The summed E-state index contributed by atoms with van der Waals surface area (Å²) in [4.78, 5) is 3.40. The lowest BCUT2D eigenvalue weighted by atomic mass is 9.83. The van der Waals surface area contributed by atoms with Crippen LogP contribution in [-0.2, 0) is 0 Å². The smallest absolute Gasteiger partial charge is 0.423 e. The molecule has 0 unspecified atom stereocenters. The van der Waals surface area contributed by atoms with Gasteiger partial charge in [-0.1, -0.05) is 0 Å². The first-order valence-corrected chi connectivity index (χ1v) is 4.19. The van der Waals surface area contributed by atoms with Crippen LogP contribution in [0.2, 0.25) is 0 Å². The van der Waals surface area contributed by atoms with Crippen molar-refractivity contribution >= 4 is 12.6 Å². The maximum absolute atomic E-state index is 12.8. The average Bonchev–Trinajstić information content (AvgIpc) is 2.66. The number of hydrogen-bond acceptors (Lipinski definition) is 4. The summed E-state index contributed by atoms with van der Waals surface area (Å²) in [5.74, 6) is -0.617. The van der Waals surface area contributed by atoms with Crippen molar-refractivity contribution in [2.24, 2.45) is 0 Å². The zero-order valence-electron chi connectivity index (χ0n) is 7.58. The predicted molar refractivity (Wildman–Crippen MR) is 51.1 cm³/mol. The van der Waals surface area contributed by atoms with Crippen LogP contribution in [0.4, 0.5) is 4.39 Å². The molecule has 2 heterocycles. The van der Waals surface area contributed by atoms with Crippen molar-refractivity contribution in [1.82, 2.24) is 14.8 Å². The van der Waals surface area contributed by atoms with E-state index in [0.717, 1.165) is 0 Å². The second-order valence-electron chi connectivity index (χ2n) is 2.93. The van der Waals surface area contributed by atoms with Crippen molar-refractivity contribution in [3.05, 3.63) is 36.7 Å². The molecular formula is C8H7BFN3O2. The summed E-state index contributed by atoms with van der Waals surface area (Å²) >= 11 is 0. The molecule has 2 aromatic heterocycles. The van der Waals surface area contributed by atoms with Gasteiger partial charge in [0.05, 0.1) is 5.69 Å². The molecule has 0 saturated heterocycles. The summed E-state index contributed by atoms with van der Waals surface area (Å²) in [5, 5.41) is 21.6. The van der Waals surface area contributed by atoms with Crippen LogP contribution in [0.5, 0.6) is 0 Å². The first-order valence-electron chi connectivity index (χ1n) is 4.19. The predicted octanol–water partition coefficient (Wildman–Crippen LogP) is -0.914. The standard InChI is InChI=1S/C8H7BFN3O2/c10-8-3-7(1-2-11-8)13-5-6(4-12-13)9(14)15/h1-5,14-15H. The zero-order chi connectivity index (χ0) is 10.8. The lowest BCUT2D eigenvalue weighted by Crippen LogP contribution is -2.28. The fraction of sp³-hybridized carbons (Fsp3) is 0. The number of nitrogens with zero attached hydrogens (tertiary/aromatic N) is 3. The van der Waals surface area contributed by atoms with Gasteiger partial charge in [0, 0.05) is 30.1 Å². The quantitative estimate of drug-likeness (QED) is 0.493. The van der Waals surface area contributed by atoms with Crippen LogP contribution in [0, 0.1) is 5.95 Å². The second-order valence-corrected chi connectivity index (χ2v) is 2.93. The van der Waals surface area contributed by atoms with Crippen LogP contribution < -0.4 is 5.46 Å². The van der Waals surface area contributed by atoms with Gasteiger partial charge in [0.2, 0.25) is 5.95 Å². The summed E-state index contributed by atoms with van der Waals surface area (Å²) in [6.45, 7) is 0. The van der Waals surface area contributed by atoms with Crippen molar-refractivity contribution in [1.29, 1.82) is 0 Å². The van der Waals surface area contributed by atoms with Crippen LogP contribution in [0.25, 0.3) is 5.69 Å². The van der Waals surface area contributed by atoms with E-state index >= 15 is 0 Å². The molecule has 0 aliphatic rings. The van der Waals surface area contributed by atoms with Gasteiger partial charge in [-0.05, 0) is 6.07 Å². The summed E-state index contributed by atoms with van der Waals surface area (Å²) < 4.78 is 14.1. The molecule has 0 aliphatic carbocycles. The molecule has 0 atom stereocenters. The minimum absolute atomic E-state index is 0.243. The average molecular weight is 207 g/mol. The van der Waals surface area contributed by atoms with Crippen molar-refractivity contribution in [3.8, 4) is 5.69 Å². The summed E-state index contributed by atoms with van der Waals surface area (Å²) in [6, 6.07) is 2.75. The number of pyridine rings is 1. The van der Waals surface area contributed by atoms with Crippen molar-refractivity contribution < 1.29 is 14.4 Å². The Morgan fingerprint density at radius 3 is 2.80 bits per heavy atom. The van der Waals surface area contributed by atoms with Crippen molar-refractivity contribution in [3.63, 3.8) is 0 Å². The Balaban J connectivity index is 2.37. The zero-order valence-corrected chi connectivity index (χ0v) is 7.58. The molecule has 0 spiro atoms. The van der Waals surface area contributed by atoms with Crippen LogP contribution in [0.3, 0.4) is 0 Å².